The van der Waals surface area contributed by atoms with Crippen molar-refractivity contribution in [3.63, 3.8) is 0 Å². The van der Waals surface area contributed by atoms with E-state index in [9.17, 15) is 9.59 Å². The topological polar surface area (TPSA) is 73.9 Å². The zero-order valence-corrected chi connectivity index (χ0v) is 26.3. The molecule has 1 amide bonds. The van der Waals surface area contributed by atoms with Gasteiger partial charge in [-0.3, -0.25) is 0 Å². The summed E-state index contributed by atoms with van der Waals surface area (Å²) in [6, 6.07) is 5.53. The Balaban J connectivity index is 3.41. The summed E-state index contributed by atoms with van der Waals surface area (Å²) < 4.78 is 21.7. The van der Waals surface area contributed by atoms with Crippen LogP contribution in [0.3, 0.4) is 0 Å². The molecule has 0 unspecified atom stereocenters. The molecule has 0 heterocycles. The van der Waals surface area contributed by atoms with Crippen molar-refractivity contribution in [1.82, 2.24) is 5.32 Å². The van der Waals surface area contributed by atoms with Crippen molar-refractivity contribution >= 4 is 34.0 Å². The van der Waals surface area contributed by atoms with Crippen LogP contribution in [0.25, 0.3) is 0 Å². The van der Waals surface area contributed by atoms with E-state index in [1.165, 1.54) is 62.5 Å². The van der Waals surface area contributed by atoms with Crippen LogP contribution in [0, 0.1) is 0 Å². The fraction of sp³-hybridized carbons (Fsp3) is 0.714. The van der Waals surface area contributed by atoms with Gasteiger partial charge in [-0.05, 0) is 0 Å². The fourth-order valence-corrected chi connectivity index (χ4v) is 21.3. The quantitative estimate of drug-likeness (QED) is 0.188. The van der Waals surface area contributed by atoms with E-state index in [2.05, 4.69) is 38.2 Å². The number of carbonyl (C=O) groups is 2. The number of benzene rings is 1. The molecule has 1 aromatic carbocycles. The number of unbranched alkanes of at least 4 members (excludes halogenated alkanes) is 3. The number of carbonyl (C=O) groups excluding carboxylic acids is 2. The molecule has 0 bridgehead atoms. The summed E-state index contributed by atoms with van der Waals surface area (Å²) >= 11 is -2.79. The van der Waals surface area contributed by atoms with Crippen LogP contribution in [0.5, 0.6) is 5.75 Å². The molecule has 1 rings (SSSR count). The zero-order valence-electron chi connectivity index (χ0n) is 23.4. The SMILES string of the molecule is CCC[CH2][Sn]([CH2]CCC)([CH2]CCC)[c]1cc(C[C@H](NC(=O)OC(C)(C)C)C(=O)OC)ccc1OC. The van der Waals surface area contributed by atoms with Crippen molar-refractivity contribution in [1.29, 1.82) is 0 Å². The monoisotopic (exact) mass is 599 g/mol. The third kappa shape index (κ3) is 10.6. The van der Waals surface area contributed by atoms with Gasteiger partial charge in [0.2, 0.25) is 0 Å². The number of rotatable bonds is 15. The maximum absolute atomic E-state index is 12.5. The minimum atomic E-state index is -2.79. The molecular formula is C28H49NO5Sn. The third-order valence-corrected chi connectivity index (χ3v) is 22.1. The molecule has 7 heteroatoms. The first-order valence-electron chi connectivity index (χ1n) is 13.3. The van der Waals surface area contributed by atoms with Gasteiger partial charge in [0, 0.05) is 0 Å². The molecule has 1 N–H and O–H groups in total. The van der Waals surface area contributed by atoms with E-state index in [-0.39, 0.29) is 0 Å². The number of hydrogen-bond acceptors (Lipinski definition) is 5. The van der Waals surface area contributed by atoms with Crippen LogP contribution >= 0.6 is 0 Å². The number of nitrogens with one attached hydrogen (secondary N) is 1. The van der Waals surface area contributed by atoms with Crippen molar-refractivity contribution < 1.29 is 23.8 Å². The summed E-state index contributed by atoms with van der Waals surface area (Å²) in [6.07, 6.45) is 7.07. The van der Waals surface area contributed by atoms with Crippen LogP contribution in [0.4, 0.5) is 4.79 Å². The Kier molecular flexibility index (Phi) is 14.1. The fourth-order valence-electron chi connectivity index (χ4n) is 4.64. The summed E-state index contributed by atoms with van der Waals surface area (Å²) in [5.74, 6) is 0.508. The van der Waals surface area contributed by atoms with E-state index in [4.69, 9.17) is 14.2 Å². The molecule has 0 fully saturated rings. The van der Waals surface area contributed by atoms with E-state index >= 15 is 0 Å². The first-order valence-corrected chi connectivity index (χ1v) is 20.8. The van der Waals surface area contributed by atoms with Crippen molar-refractivity contribution in [3.05, 3.63) is 23.8 Å². The van der Waals surface area contributed by atoms with Crippen LogP contribution in [0.2, 0.25) is 13.3 Å². The van der Waals surface area contributed by atoms with Gasteiger partial charge in [0.05, 0.1) is 0 Å². The number of esters is 1. The van der Waals surface area contributed by atoms with Gasteiger partial charge >= 0.3 is 218 Å². The van der Waals surface area contributed by atoms with Crippen molar-refractivity contribution in [2.24, 2.45) is 0 Å². The normalized spacial score (nSPS) is 12.7. The molecule has 0 spiro atoms. The van der Waals surface area contributed by atoms with E-state index < -0.39 is 42.1 Å². The number of hydrogen-bond donors (Lipinski definition) is 1. The third-order valence-electron chi connectivity index (χ3n) is 6.48. The maximum atomic E-state index is 12.5. The summed E-state index contributed by atoms with van der Waals surface area (Å²) in [4.78, 5) is 25.0. The van der Waals surface area contributed by atoms with Gasteiger partial charge in [0.1, 0.15) is 0 Å². The van der Waals surface area contributed by atoms with Crippen LogP contribution in [0.1, 0.15) is 85.6 Å². The minimum absolute atomic E-state index is 0.347. The standard InChI is InChI=1S/C16H22NO5.3C4H9.Sn/c1-16(2,3)22-15(19)17-13(14(18)21-5)10-11-6-8-12(20-4)9-7-11;3*1-3-4-2;/h6-8,13H,10H2,1-5H3,(H,17,19);3*1,3-4H2,2H3;/t13-;;;;/m0..../s1. The van der Waals surface area contributed by atoms with Gasteiger partial charge in [-0.2, -0.15) is 0 Å². The number of ether oxygens (including phenoxy) is 3. The van der Waals surface area contributed by atoms with Gasteiger partial charge in [-0.1, -0.05) is 0 Å². The number of amides is 1. The Morgan fingerprint density at radius 1 is 0.943 bits per heavy atom. The van der Waals surface area contributed by atoms with E-state index in [0.717, 1.165) is 11.3 Å². The number of alkyl carbamates (subject to hydrolysis) is 1. The molecule has 1 aromatic rings. The zero-order chi connectivity index (χ0) is 26.5. The summed E-state index contributed by atoms with van der Waals surface area (Å²) in [5.41, 5.74) is 0.363. The second-order valence-electron chi connectivity index (χ2n) is 10.6. The van der Waals surface area contributed by atoms with Crippen molar-refractivity contribution in [2.45, 2.75) is 111 Å². The van der Waals surface area contributed by atoms with Crippen LogP contribution in [-0.4, -0.2) is 56.3 Å². The molecule has 200 valence electrons. The van der Waals surface area contributed by atoms with Crippen LogP contribution < -0.4 is 13.6 Å². The molecule has 1 atom stereocenters. The van der Waals surface area contributed by atoms with Gasteiger partial charge in [-0.25, -0.2) is 0 Å². The van der Waals surface area contributed by atoms with E-state index in [0.29, 0.717) is 6.42 Å². The van der Waals surface area contributed by atoms with Gasteiger partial charge in [-0.15, -0.1) is 0 Å². The summed E-state index contributed by atoms with van der Waals surface area (Å²) in [7, 11) is 3.10. The Bertz CT molecular complexity index is 768. The predicted octanol–water partition coefficient (Wildman–Crippen LogP) is 6.36. The first-order chi connectivity index (χ1) is 16.6. The Morgan fingerprint density at radius 3 is 1.91 bits per heavy atom. The molecule has 0 aromatic heterocycles. The Morgan fingerprint density at radius 2 is 1.49 bits per heavy atom. The second kappa shape index (κ2) is 15.6. The predicted molar refractivity (Wildman–Crippen MR) is 146 cm³/mol. The average Bonchev–Trinajstić information content (AvgIpc) is 2.81. The molecule has 6 nitrogen and oxygen atoms in total. The molecule has 0 aliphatic rings. The molecule has 0 radical (unpaired) electrons. The van der Waals surface area contributed by atoms with Crippen molar-refractivity contribution in [2.75, 3.05) is 14.2 Å². The first kappa shape index (κ1) is 31.6. The summed E-state index contributed by atoms with van der Waals surface area (Å²) in [5, 5.41) is 2.71. The van der Waals surface area contributed by atoms with Crippen LogP contribution in [-0.2, 0) is 20.7 Å². The van der Waals surface area contributed by atoms with Crippen molar-refractivity contribution in [3.8, 4) is 5.75 Å². The van der Waals surface area contributed by atoms with Gasteiger partial charge in [0.15, 0.2) is 0 Å². The van der Waals surface area contributed by atoms with E-state index in [1.54, 1.807) is 27.9 Å². The molecule has 0 saturated carbocycles. The van der Waals surface area contributed by atoms with Gasteiger partial charge in [0.25, 0.3) is 0 Å². The Labute approximate surface area is 217 Å². The average molecular weight is 598 g/mol. The van der Waals surface area contributed by atoms with Crippen LogP contribution in [0.15, 0.2) is 18.2 Å². The molecular weight excluding hydrogens is 549 g/mol. The molecule has 0 aliphatic carbocycles. The second-order valence-corrected chi connectivity index (χ2v) is 23.7. The van der Waals surface area contributed by atoms with Gasteiger partial charge < -0.3 is 0 Å². The summed E-state index contributed by atoms with van der Waals surface area (Å²) in [6.45, 7) is 12.2. The molecule has 35 heavy (non-hydrogen) atoms. The molecule has 0 aliphatic heterocycles. The number of methoxy groups -OCH3 is 2. The Hall–Kier alpha value is -1.44. The van der Waals surface area contributed by atoms with E-state index in [1.807, 2.05) is 6.07 Å². The molecule has 0 saturated heterocycles.